The predicted octanol–water partition coefficient (Wildman–Crippen LogP) is 3.65. The number of esters is 1. The van der Waals surface area contributed by atoms with Gasteiger partial charge in [-0.2, -0.15) is 0 Å². The normalized spacial score (nSPS) is 10.1. The van der Waals surface area contributed by atoms with Crippen LogP contribution in [0.15, 0.2) is 23.1 Å². The van der Waals surface area contributed by atoms with Crippen LogP contribution in [-0.2, 0) is 9.53 Å². The van der Waals surface area contributed by atoms with E-state index in [1.807, 2.05) is 0 Å². The van der Waals surface area contributed by atoms with E-state index in [-0.39, 0.29) is 11.7 Å². The molecule has 0 heterocycles. The predicted molar refractivity (Wildman–Crippen MR) is 63.8 cm³/mol. The zero-order valence-electron chi connectivity index (χ0n) is 8.13. The standard InChI is InChI=1S/C10H10Cl2O2S/c1-2-14-9(13)6-15-10-7(11)4-3-5-8(10)12/h3-5H,2,6H2,1H3. The minimum atomic E-state index is -0.265. The minimum Gasteiger partial charge on any atom is -0.465 e. The van der Waals surface area contributed by atoms with E-state index in [4.69, 9.17) is 27.9 Å². The summed E-state index contributed by atoms with van der Waals surface area (Å²) in [6.07, 6.45) is 0. The monoisotopic (exact) mass is 264 g/mol. The van der Waals surface area contributed by atoms with Crippen molar-refractivity contribution in [3.8, 4) is 0 Å². The molecule has 0 aliphatic heterocycles. The Kier molecular flexibility index (Phi) is 5.29. The first-order valence-corrected chi connectivity index (χ1v) is 6.11. The molecule has 5 heteroatoms. The molecule has 15 heavy (non-hydrogen) atoms. The second-order valence-corrected chi connectivity index (χ2v) is 4.44. The molecular formula is C10H10Cl2O2S. The topological polar surface area (TPSA) is 26.3 Å². The highest BCUT2D eigenvalue weighted by atomic mass is 35.5. The molecule has 0 atom stereocenters. The van der Waals surface area contributed by atoms with Crippen molar-refractivity contribution >= 4 is 40.9 Å². The van der Waals surface area contributed by atoms with Crippen LogP contribution in [0.5, 0.6) is 0 Å². The van der Waals surface area contributed by atoms with Crippen LogP contribution in [0.3, 0.4) is 0 Å². The number of hydrogen-bond donors (Lipinski definition) is 0. The highest BCUT2D eigenvalue weighted by molar-refractivity contribution is 8.00. The molecule has 2 nitrogen and oxygen atoms in total. The number of rotatable bonds is 4. The maximum absolute atomic E-state index is 11.1. The summed E-state index contributed by atoms with van der Waals surface area (Å²) in [5.74, 6) is -0.0458. The summed E-state index contributed by atoms with van der Waals surface area (Å²) in [6, 6.07) is 5.24. The van der Waals surface area contributed by atoms with Gasteiger partial charge in [0, 0.05) is 4.90 Å². The van der Waals surface area contributed by atoms with Crippen LogP contribution >= 0.6 is 35.0 Å². The average molecular weight is 265 g/mol. The molecule has 0 radical (unpaired) electrons. The number of hydrogen-bond acceptors (Lipinski definition) is 3. The van der Waals surface area contributed by atoms with Gasteiger partial charge in [0.1, 0.15) is 0 Å². The van der Waals surface area contributed by atoms with Gasteiger partial charge in [0.15, 0.2) is 0 Å². The van der Waals surface area contributed by atoms with Crippen molar-refractivity contribution in [2.24, 2.45) is 0 Å². The van der Waals surface area contributed by atoms with Gasteiger partial charge >= 0.3 is 5.97 Å². The Hall–Kier alpha value is -0.380. The largest absolute Gasteiger partial charge is 0.465 e. The van der Waals surface area contributed by atoms with Crippen LogP contribution < -0.4 is 0 Å². The second kappa shape index (κ2) is 6.26. The molecule has 0 aliphatic rings. The highest BCUT2D eigenvalue weighted by Gasteiger charge is 2.09. The van der Waals surface area contributed by atoms with E-state index < -0.39 is 0 Å². The molecule has 0 unspecified atom stereocenters. The summed E-state index contributed by atoms with van der Waals surface area (Å²) in [7, 11) is 0. The lowest BCUT2D eigenvalue weighted by Gasteiger charge is -2.05. The molecule has 0 aliphatic carbocycles. The molecule has 0 aromatic heterocycles. The summed E-state index contributed by atoms with van der Waals surface area (Å²) in [5.41, 5.74) is 0. The van der Waals surface area contributed by atoms with Gasteiger partial charge in [-0.15, -0.1) is 11.8 Å². The number of ether oxygens (including phenoxy) is 1. The quantitative estimate of drug-likeness (QED) is 0.614. The van der Waals surface area contributed by atoms with Crippen molar-refractivity contribution in [3.63, 3.8) is 0 Å². The lowest BCUT2D eigenvalue weighted by atomic mass is 10.4. The molecule has 1 rings (SSSR count). The van der Waals surface area contributed by atoms with E-state index in [0.29, 0.717) is 21.5 Å². The van der Waals surface area contributed by atoms with Gasteiger partial charge in [0.05, 0.1) is 22.4 Å². The molecule has 1 aromatic rings. The van der Waals surface area contributed by atoms with Crippen LogP contribution in [-0.4, -0.2) is 18.3 Å². The molecule has 0 saturated heterocycles. The summed E-state index contributed by atoms with van der Waals surface area (Å²) in [5, 5.41) is 1.11. The fraction of sp³-hybridized carbons (Fsp3) is 0.300. The first kappa shape index (κ1) is 12.7. The van der Waals surface area contributed by atoms with Crippen molar-refractivity contribution in [2.75, 3.05) is 12.4 Å². The Bertz CT molecular complexity index is 335. The summed E-state index contributed by atoms with van der Waals surface area (Å²) < 4.78 is 4.80. The summed E-state index contributed by atoms with van der Waals surface area (Å²) in [6.45, 7) is 2.15. The number of carbonyl (C=O) groups is 1. The first-order valence-electron chi connectivity index (χ1n) is 4.37. The summed E-state index contributed by atoms with van der Waals surface area (Å²) in [4.78, 5) is 11.8. The van der Waals surface area contributed by atoms with Crippen LogP contribution in [0, 0.1) is 0 Å². The van der Waals surface area contributed by atoms with E-state index in [1.165, 1.54) is 11.8 Å². The van der Waals surface area contributed by atoms with E-state index in [0.717, 1.165) is 0 Å². The van der Waals surface area contributed by atoms with Gasteiger partial charge in [0.25, 0.3) is 0 Å². The molecule has 0 N–H and O–H groups in total. The van der Waals surface area contributed by atoms with Crippen molar-refractivity contribution in [1.82, 2.24) is 0 Å². The minimum absolute atomic E-state index is 0.220. The maximum Gasteiger partial charge on any atom is 0.316 e. The van der Waals surface area contributed by atoms with Crippen LogP contribution in [0.4, 0.5) is 0 Å². The fourth-order valence-electron chi connectivity index (χ4n) is 0.954. The van der Waals surface area contributed by atoms with Gasteiger partial charge < -0.3 is 4.74 Å². The van der Waals surface area contributed by atoms with Crippen molar-refractivity contribution in [1.29, 1.82) is 0 Å². The second-order valence-electron chi connectivity index (χ2n) is 2.64. The number of thioether (sulfide) groups is 1. The molecule has 1 aromatic carbocycles. The SMILES string of the molecule is CCOC(=O)CSc1c(Cl)cccc1Cl. The third kappa shape index (κ3) is 3.93. The third-order valence-electron chi connectivity index (χ3n) is 1.56. The number of benzene rings is 1. The molecule has 0 saturated carbocycles. The van der Waals surface area contributed by atoms with E-state index in [2.05, 4.69) is 0 Å². The lowest BCUT2D eigenvalue weighted by Crippen LogP contribution is -2.06. The van der Waals surface area contributed by atoms with Crippen molar-refractivity contribution in [3.05, 3.63) is 28.2 Å². The maximum atomic E-state index is 11.1. The average Bonchev–Trinajstić information content (AvgIpc) is 2.17. The van der Waals surface area contributed by atoms with Gasteiger partial charge in [-0.3, -0.25) is 4.79 Å². The van der Waals surface area contributed by atoms with E-state index in [9.17, 15) is 4.79 Å². The summed E-state index contributed by atoms with van der Waals surface area (Å²) >= 11 is 13.1. The van der Waals surface area contributed by atoms with Gasteiger partial charge in [0.2, 0.25) is 0 Å². The molecule has 0 amide bonds. The molecule has 0 spiro atoms. The van der Waals surface area contributed by atoms with Crippen LogP contribution in [0.2, 0.25) is 10.0 Å². The molecule has 0 fully saturated rings. The zero-order chi connectivity index (χ0) is 11.3. The van der Waals surface area contributed by atoms with Crippen molar-refractivity contribution < 1.29 is 9.53 Å². The Morgan fingerprint density at radius 1 is 1.40 bits per heavy atom. The molecule has 0 bridgehead atoms. The van der Waals surface area contributed by atoms with Gasteiger partial charge in [-0.1, -0.05) is 29.3 Å². The Balaban J connectivity index is 2.61. The highest BCUT2D eigenvalue weighted by Crippen LogP contribution is 2.33. The fourth-order valence-corrected chi connectivity index (χ4v) is 2.44. The molecule has 82 valence electrons. The van der Waals surface area contributed by atoms with Crippen LogP contribution in [0.1, 0.15) is 6.92 Å². The number of halogens is 2. The van der Waals surface area contributed by atoms with E-state index in [1.54, 1.807) is 25.1 Å². The lowest BCUT2D eigenvalue weighted by molar-refractivity contribution is -0.139. The number of carbonyl (C=O) groups excluding carboxylic acids is 1. The third-order valence-corrected chi connectivity index (χ3v) is 3.52. The van der Waals surface area contributed by atoms with Gasteiger partial charge in [-0.25, -0.2) is 0 Å². The Labute approximate surface area is 103 Å². The van der Waals surface area contributed by atoms with Gasteiger partial charge in [-0.05, 0) is 19.1 Å². The zero-order valence-corrected chi connectivity index (χ0v) is 10.5. The Morgan fingerprint density at radius 2 is 2.00 bits per heavy atom. The van der Waals surface area contributed by atoms with E-state index >= 15 is 0 Å². The molecular weight excluding hydrogens is 255 g/mol. The smallest absolute Gasteiger partial charge is 0.316 e. The van der Waals surface area contributed by atoms with Crippen molar-refractivity contribution in [2.45, 2.75) is 11.8 Å². The first-order chi connectivity index (χ1) is 7.15. The van der Waals surface area contributed by atoms with Crippen LogP contribution in [0.25, 0.3) is 0 Å². The Morgan fingerprint density at radius 3 is 2.53 bits per heavy atom.